The Hall–Kier alpha value is -6.71. The van der Waals surface area contributed by atoms with E-state index in [4.69, 9.17) is 9.41 Å². The lowest BCUT2D eigenvalue weighted by Gasteiger charge is -2.26. The fourth-order valence-corrected chi connectivity index (χ4v) is 7.63. The quantitative estimate of drug-likeness (QED) is 0.188. The second-order valence-corrected chi connectivity index (χ2v) is 13.2. The molecule has 0 amide bonds. The maximum Gasteiger partial charge on any atom is 0.146 e. The third kappa shape index (κ3) is 5.10. The third-order valence-corrected chi connectivity index (χ3v) is 10.1. The standard InChI is InChI=1S/C48H32N2O/c1-3-13-31(14-4-1)32-23-25-33(26-24-32)36-28-42(47-40-21-11-12-22-45(40)51-46(47)29-36)44-30-43(34-15-5-2-6-16-34)49-48(50-44)41-27-35-17-7-8-18-37(35)38-19-9-10-20-39(38)41/h1-30,48-49H. The summed E-state index contributed by atoms with van der Waals surface area (Å²) in [5.74, 6) is 0. The predicted molar refractivity (Wildman–Crippen MR) is 213 cm³/mol. The number of fused-ring (bicyclic) bond motifs is 6. The number of rotatable bonds is 5. The molecule has 0 spiro atoms. The molecule has 1 atom stereocenters. The van der Waals surface area contributed by atoms with E-state index in [-0.39, 0.29) is 6.17 Å². The van der Waals surface area contributed by atoms with Crippen LogP contribution in [0.3, 0.4) is 0 Å². The monoisotopic (exact) mass is 652 g/mol. The summed E-state index contributed by atoms with van der Waals surface area (Å²) in [6, 6.07) is 62.2. The maximum absolute atomic E-state index is 6.58. The summed E-state index contributed by atoms with van der Waals surface area (Å²) < 4.78 is 6.58. The van der Waals surface area contributed by atoms with Gasteiger partial charge >= 0.3 is 0 Å². The number of furan rings is 1. The molecule has 240 valence electrons. The molecule has 1 aliphatic heterocycles. The van der Waals surface area contributed by atoms with E-state index in [1.54, 1.807) is 0 Å². The molecule has 0 aliphatic carbocycles. The van der Waals surface area contributed by atoms with E-state index in [2.05, 4.69) is 175 Å². The van der Waals surface area contributed by atoms with Gasteiger partial charge in [-0.2, -0.15) is 0 Å². The lowest BCUT2D eigenvalue weighted by molar-refractivity contribution is 0.668. The van der Waals surface area contributed by atoms with Gasteiger partial charge in [0.2, 0.25) is 0 Å². The van der Waals surface area contributed by atoms with Crippen LogP contribution in [0.25, 0.3) is 71.4 Å². The zero-order valence-electron chi connectivity index (χ0n) is 27.8. The van der Waals surface area contributed by atoms with Gasteiger partial charge in [0.05, 0.1) is 5.71 Å². The minimum absolute atomic E-state index is 0.322. The van der Waals surface area contributed by atoms with Crippen LogP contribution in [0.4, 0.5) is 0 Å². The lowest BCUT2D eigenvalue weighted by Crippen LogP contribution is -2.25. The first kappa shape index (κ1) is 29.2. The SMILES string of the molecule is C1=C(c2ccccc2)NC(c2cc3ccccc3c3ccccc23)N=C1c1cc(-c2ccc(-c3ccccc3)cc2)cc2oc3ccccc3c12. The van der Waals surface area contributed by atoms with E-state index >= 15 is 0 Å². The first-order chi connectivity index (χ1) is 25.3. The fourth-order valence-electron chi connectivity index (χ4n) is 7.63. The number of hydrogen-bond acceptors (Lipinski definition) is 3. The van der Waals surface area contributed by atoms with Gasteiger partial charge in [0.15, 0.2) is 0 Å². The average molecular weight is 653 g/mol. The molecule has 0 saturated carbocycles. The average Bonchev–Trinajstić information content (AvgIpc) is 3.59. The van der Waals surface area contributed by atoms with Crippen LogP contribution < -0.4 is 5.32 Å². The molecule has 8 aromatic carbocycles. The molecule has 1 N–H and O–H groups in total. The zero-order valence-corrected chi connectivity index (χ0v) is 27.8. The molecule has 10 rings (SSSR count). The first-order valence-electron chi connectivity index (χ1n) is 17.4. The molecule has 51 heavy (non-hydrogen) atoms. The fraction of sp³-hybridized carbons (Fsp3) is 0.0208. The van der Waals surface area contributed by atoms with E-state index in [0.29, 0.717) is 0 Å². The Labute approximate surface area is 295 Å². The number of allylic oxidation sites excluding steroid dienone is 1. The Morgan fingerprint density at radius 2 is 1.04 bits per heavy atom. The van der Waals surface area contributed by atoms with Gasteiger partial charge in [-0.15, -0.1) is 0 Å². The minimum atomic E-state index is -0.322. The predicted octanol–water partition coefficient (Wildman–Crippen LogP) is 12.4. The maximum atomic E-state index is 6.58. The molecular formula is C48H32N2O. The molecule has 1 aliphatic rings. The van der Waals surface area contributed by atoms with Crippen molar-refractivity contribution in [2.24, 2.45) is 4.99 Å². The second kappa shape index (κ2) is 12.0. The van der Waals surface area contributed by atoms with Crippen molar-refractivity contribution in [3.05, 3.63) is 199 Å². The van der Waals surface area contributed by atoms with E-state index in [1.807, 2.05) is 12.1 Å². The van der Waals surface area contributed by atoms with Crippen molar-refractivity contribution >= 4 is 54.9 Å². The van der Waals surface area contributed by atoms with Crippen molar-refractivity contribution in [3.8, 4) is 22.3 Å². The largest absolute Gasteiger partial charge is 0.456 e. The zero-order chi connectivity index (χ0) is 33.7. The first-order valence-corrected chi connectivity index (χ1v) is 17.4. The van der Waals surface area contributed by atoms with Crippen LogP contribution >= 0.6 is 0 Å². The van der Waals surface area contributed by atoms with Gasteiger partial charge in [-0.3, -0.25) is 4.99 Å². The number of para-hydroxylation sites is 1. The van der Waals surface area contributed by atoms with Gasteiger partial charge < -0.3 is 9.73 Å². The van der Waals surface area contributed by atoms with E-state index in [1.165, 1.54) is 32.7 Å². The summed E-state index contributed by atoms with van der Waals surface area (Å²) >= 11 is 0. The molecule has 0 saturated heterocycles. The summed E-state index contributed by atoms with van der Waals surface area (Å²) in [6.07, 6.45) is 1.88. The topological polar surface area (TPSA) is 37.5 Å². The van der Waals surface area contributed by atoms with Gasteiger partial charge in [-0.05, 0) is 79.7 Å². The number of aliphatic imine (C=N–C) groups is 1. The van der Waals surface area contributed by atoms with Crippen LogP contribution in [0, 0.1) is 0 Å². The van der Waals surface area contributed by atoms with E-state index in [0.717, 1.165) is 61.2 Å². The number of nitrogens with zero attached hydrogens (tertiary/aromatic N) is 1. The molecule has 0 fully saturated rings. The van der Waals surface area contributed by atoms with Crippen molar-refractivity contribution < 1.29 is 4.42 Å². The molecule has 3 nitrogen and oxygen atoms in total. The molecule has 9 aromatic rings. The summed E-state index contributed by atoms with van der Waals surface area (Å²) in [4.78, 5) is 5.57. The highest BCUT2D eigenvalue weighted by Crippen LogP contribution is 2.40. The normalized spacial score (nSPS) is 14.5. The van der Waals surface area contributed by atoms with Crippen LogP contribution in [0.2, 0.25) is 0 Å². The molecule has 2 heterocycles. The highest BCUT2D eigenvalue weighted by molar-refractivity contribution is 6.24. The highest BCUT2D eigenvalue weighted by atomic mass is 16.3. The van der Waals surface area contributed by atoms with E-state index in [9.17, 15) is 0 Å². The number of benzene rings is 8. The Balaban J connectivity index is 1.21. The van der Waals surface area contributed by atoms with Crippen LogP contribution in [0.15, 0.2) is 191 Å². The van der Waals surface area contributed by atoms with Crippen molar-refractivity contribution in [2.75, 3.05) is 0 Å². The Morgan fingerprint density at radius 3 is 1.80 bits per heavy atom. The van der Waals surface area contributed by atoms with Crippen molar-refractivity contribution in [1.82, 2.24) is 5.32 Å². The van der Waals surface area contributed by atoms with Crippen molar-refractivity contribution in [2.45, 2.75) is 6.17 Å². The Morgan fingerprint density at radius 1 is 0.451 bits per heavy atom. The van der Waals surface area contributed by atoms with Crippen molar-refractivity contribution in [3.63, 3.8) is 0 Å². The minimum Gasteiger partial charge on any atom is -0.456 e. The summed E-state index contributed by atoms with van der Waals surface area (Å²) in [5.41, 5.74) is 11.5. The molecule has 1 aromatic heterocycles. The van der Waals surface area contributed by atoms with Crippen LogP contribution in [-0.2, 0) is 0 Å². The van der Waals surface area contributed by atoms with Gasteiger partial charge in [-0.1, -0.05) is 152 Å². The Bertz CT molecular complexity index is 2810. The molecular weight excluding hydrogens is 621 g/mol. The van der Waals surface area contributed by atoms with Crippen LogP contribution in [-0.4, -0.2) is 5.71 Å². The van der Waals surface area contributed by atoms with Crippen LogP contribution in [0.1, 0.15) is 22.9 Å². The summed E-state index contributed by atoms with van der Waals surface area (Å²) in [5, 5.41) is 10.9. The second-order valence-electron chi connectivity index (χ2n) is 13.2. The number of nitrogens with one attached hydrogen (secondary N) is 1. The lowest BCUT2D eigenvalue weighted by atomic mass is 9.92. The van der Waals surface area contributed by atoms with Gasteiger partial charge in [0.1, 0.15) is 17.3 Å². The highest BCUT2D eigenvalue weighted by Gasteiger charge is 2.25. The van der Waals surface area contributed by atoms with Crippen LogP contribution in [0.5, 0.6) is 0 Å². The van der Waals surface area contributed by atoms with E-state index < -0.39 is 0 Å². The van der Waals surface area contributed by atoms with Gasteiger partial charge in [-0.25, -0.2) is 0 Å². The molecule has 3 heteroatoms. The third-order valence-electron chi connectivity index (χ3n) is 10.1. The molecule has 1 unspecified atom stereocenters. The molecule has 0 radical (unpaired) electrons. The summed E-state index contributed by atoms with van der Waals surface area (Å²) in [6.45, 7) is 0. The summed E-state index contributed by atoms with van der Waals surface area (Å²) in [7, 11) is 0. The number of hydrogen-bond donors (Lipinski definition) is 1. The van der Waals surface area contributed by atoms with Gasteiger partial charge in [0.25, 0.3) is 0 Å². The van der Waals surface area contributed by atoms with Gasteiger partial charge in [0, 0.05) is 27.6 Å². The molecule has 0 bridgehead atoms. The smallest absolute Gasteiger partial charge is 0.146 e. The van der Waals surface area contributed by atoms with Crippen molar-refractivity contribution in [1.29, 1.82) is 0 Å². The Kier molecular flexibility index (Phi) is 6.88.